The number of rotatable bonds is 5. The van der Waals surface area contributed by atoms with Crippen molar-refractivity contribution in [3.63, 3.8) is 0 Å². The smallest absolute Gasteiger partial charge is 0.416 e. The summed E-state index contributed by atoms with van der Waals surface area (Å²) in [4.78, 5) is 0. The molecule has 3 rings (SSSR count). The molecule has 5 heteroatoms. The van der Waals surface area contributed by atoms with Crippen LogP contribution in [-0.2, 0) is 10.6 Å². The monoisotopic (exact) mass is 369 g/mol. The minimum Gasteiger partial charge on any atom is -0.533 e. The Bertz CT molecular complexity index is 820. The molecule has 1 radical (unpaired) electrons. The van der Waals surface area contributed by atoms with E-state index in [1.54, 1.807) is 0 Å². The fourth-order valence-electron chi connectivity index (χ4n) is 2.49. The van der Waals surface area contributed by atoms with Crippen LogP contribution in [0.4, 0.5) is 13.2 Å². The average molecular weight is 369 g/mol. The highest BCUT2D eigenvalue weighted by atomic mass is 28.3. The van der Waals surface area contributed by atoms with Crippen molar-refractivity contribution in [2.75, 3.05) is 0 Å². The van der Waals surface area contributed by atoms with Crippen molar-refractivity contribution in [2.24, 2.45) is 0 Å². The van der Waals surface area contributed by atoms with E-state index in [0.29, 0.717) is 11.3 Å². The molecule has 3 aromatic carbocycles. The van der Waals surface area contributed by atoms with Crippen LogP contribution in [0.1, 0.15) is 11.1 Å². The number of hydrogen-bond acceptors (Lipinski definition) is 1. The minimum absolute atomic E-state index is 0.361. The van der Waals surface area contributed by atoms with Crippen LogP contribution in [0, 0.1) is 0 Å². The highest BCUT2D eigenvalue weighted by Gasteiger charge is 2.30. The van der Waals surface area contributed by atoms with Gasteiger partial charge in [-0.1, -0.05) is 79.4 Å². The Morgan fingerprint density at radius 1 is 0.731 bits per heavy atom. The molecule has 0 bridgehead atoms. The summed E-state index contributed by atoms with van der Waals surface area (Å²) in [7, 11) is -1.61. The Kier molecular flexibility index (Phi) is 5.28. The first-order valence-electron chi connectivity index (χ1n) is 7.97. The summed E-state index contributed by atoms with van der Waals surface area (Å²) >= 11 is 0. The molecular formula is C21H16F3OSi. The maximum atomic E-state index is 12.7. The van der Waals surface area contributed by atoms with Crippen molar-refractivity contribution in [3.05, 3.63) is 103 Å². The van der Waals surface area contributed by atoms with Crippen molar-refractivity contribution >= 4 is 25.2 Å². The van der Waals surface area contributed by atoms with Crippen molar-refractivity contribution in [1.29, 1.82) is 0 Å². The Morgan fingerprint density at radius 3 is 1.62 bits per heavy atom. The molecule has 0 saturated heterocycles. The fraction of sp³-hybridized carbons (Fsp3) is 0.0476. The van der Waals surface area contributed by atoms with E-state index in [0.717, 1.165) is 22.5 Å². The van der Waals surface area contributed by atoms with Crippen LogP contribution < -0.4 is 10.4 Å². The highest BCUT2D eigenvalue weighted by molar-refractivity contribution is 6.80. The van der Waals surface area contributed by atoms with E-state index in [1.807, 2.05) is 60.7 Å². The van der Waals surface area contributed by atoms with Gasteiger partial charge >= 0.3 is 15.2 Å². The molecule has 0 aromatic heterocycles. The van der Waals surface area contributed by atoms with Crippen LogP contribution >= 0.6 is 0 Å². The van der Waals surface area contributed by atoms with Crippen LogP contribution in [0.15, 0.2) is 91.5 Å². The maximum absolute atomic E-state index is 12.7. The third kappa shape index (κ3) is 4.24. The second-order valence-electron chi connectivity index (χ2n) is 5.66. The predicted molar refractivity (Wildman–Crippen MR) is 99.5 cm³/mol. The van der Waals surface area contributed by atoms with Crippen molar-refractivity contribution in [1.82, 2.24) is 0 Å². The van der Waals surface area contributed by atoms with Gasteiger partial charge in [-0.05, 0) is 22.5 Å². The average Bonchev–Trinajstić information content (AvgIpc) is 2.67. The van der Waals surface area contributed by atoms with E-state index >= 15 is 0 Å². The van der Waals surface area contributed by atoms with E-state index in [9.17, 15) is 13.2 Å². The van der Waals surface area contributed by atoms with Crippen LogP contribution in [0.25, 0.3) is 5.76 Å². The molecule has 1 nitrogen and oxygen atoms in total. The third-order valence-electron chi connectivity index (χ3n) is 3.83. The van der Waals surface area contributed by atoms with E-state index in [2.05, 4.69) is 6.58 Å². The molecule has 0 atom stereocenters. The van der Waals surface area contributed by atoms with Gasteiger partial charge in [0.2, 0.25) is 0 Å². The first-order valence-corrected chi connectivity index (χ1v) is 9.38. The van der Waals surface area contributed by atoms with Gasteiger partial charge in [0.25, 0.3) is 0 Å². The Hall–Kier alpha value is -2.79. The fourth-order valence-corrected chi connectivity index (χ4v) is 4.41. The molecular weight excluding hydrogens is 353 g/mol. The number of hydrogen-bond donors (Lipinski definition) is 0. The summed E-state index contributed by atoms with van der Waals surface area (Å²) in [6.07, 6.45) is -4.36. The lowest BCUT2D eigenvalue weighted by atomic mass is 10.1. The lowest BCUT2D eigenvalue weighted by Crippen LogP contribution is -2.44. The highest BCUT2D eigenvalue weighted by Crippen LogP contribution is 2.30. The molecule has 0 N–H and O–H groups in total. The van der Waals surface area contributed by atoms with E-state index in [4.69, 9.17) is 4.43 Å². The van der Waals surface area contributed by atoms with Gasteiger partial charge in [0.15, 0.2) is 0 Å². The predicted octanol–water partition coefficient (Wildman–Crippen LogP) is 4.50. The quantitative estimate of drug-likeness (QED) is 0.475. The zero-order valence-electron chi connectivity index (χ0n) is 13.8. The summed E-state index contributed by atoms with van der Waals surface area (Å²) in [5.74, 6) is 0.361. The largest absolute Gasteiger partial charge is 0.533 e. The Labute approximate surface area is 152 Å². The molecule has 3 aromatic rings. The lowest BCUT2D eigenvalue weighted by Gasteiger charge is -2.19. The van der Waals surface area contributed by atoms with E-state index in [1.165, 1.54) is 12.1 Å². The minimum atomic E-state index is -4.36. The molecule has 0 heterocycles. The van der Waals surface area contributed by atoms with Gasteiger partial charge in [-0.2, -0.15) is 13.2 Å². The van der Waals surface area contributed by atoms with Crippen molar-refractivity contribution < 1.29 is 17.6 Å². The van der Waals surface area contributed by atoms with Gasteiger partial charge in [0.05, 0.1) is 5.56 Å². The molecule has 0 unspecified atom stereocenters. The summed E-state index contributed by atoms with van der Waals surface area (Å²) in [5.41, 5.74) is -0.155. The second kappa shape index (κ2) is 7.62. The zero-order chi connectivity index (χ0) is 18.6. The Balaban J connectivity index is 1.86. The number of benzene rings is 3. The molecule has 0 spiro atoms. The molecule has 131 valence electrons. The van der Waals surface area contributed by atoms with E-state index < -0.39 is 20.8 Å². The Morgan fingerprint density at radius 2 is 1.19 bits per heavy atom. The van der Waals surface area contributed by atoms with Gasteiger partial charge in [0.1, 0.15) is 5.76 Å². The van der Waals surface area contributed by atoms with E-state index in [-0.39, 0.29) is 0 Å². The summed E-state index contributed by atoms with van der Waals surface area (Å²) in [6, 6.07) is 24.4. The standard InChI is InChI=1S/C21H16F3OSi/c1-16(17-12-14-18(15-13-17)21(22,23)24)25-26(19-8-4-2-5-9-19)20-10-6-3-7-11-20/h2-15H,1H2. The second-order valence-corrected chi connectivity index (χ2v) is 7.68. The third-order valence-corrected chi connectivity index (χ3v) is 6.00. The number of halogens is 3. The normalized spacial score (nSPS) is 11.4. The van der Waals surface area contributed by atoms with Gasteiger partial charge in [-0.3, -0.25) is 0 Å². The lowest BCUT2D eigenvalue weighted by molar-refractivity contribution is -0.137. The van der Waals surface area contributed by atoms with Gasteiger partial charge in [-0.25, -0.2) is 0 Å². The van der Waals surface area contributed by atoms with Crippen LogP contribution in [0.5, 0.6) is 0 Å². The zero-order valence-corrected chi connectivity index (χ0v) is 14.8. The molecule has 0 aliphatic rings. The first-order chi connectivity index (χ1) is 12.4. The number of alkyl halides is 3. The van der Waals surface area contributed by atoms with Crippen molar-refractivity contribution in [2.45, 2.75) is 6.18 Å². The van der Waals surface area contributed by atoms with Crippen LogP contribution in [-0.4, -0.2) is 9.04 Å². The topological polar surface area (TPSA) is 9.23 Å². The van der Waals surface area contributed by atoms with Crippen molar-refractivity contribution in [3.8, 4) is 0 Å². The first kappa shape index (κ1) is 18.0. The summed E-state index contributed by atoms with van der Waals surface area (Å²) < 4.78 is 44.3. The maximum Gasteiger partial charge on any atom is 0.416 e. The van der Waals surface area contributed by atoms with Crippen LogP contribution in [0.3, 0.4) is 0 Å². The van der Waals surface area contributed by atoms with Gasteiger partial charge in [0, 0.05) is 5.56 Å². The molecule has 0 aliphatic heterocycles. The summed E-state index contributed by atoms with van der Waals surface area (Å²) in [5, 5.41) is 2.08. The molecule has 0 saturated carbocycles. The molecule has 0 fully saturated rings. The van der Waals surface area contributed by atoms with Crippen LogP contribution in [0.2, 0.25) is 0 Å². The SMILES string of the molecule is C=C(O[Si](c1ccccc1)c1ccccc1)c1ccc(C(F)(F)F)cc1. The molecule has 26 heavy (non-hydrogen) atoms. The molecule has 0 amide bonds. The molecule has 0 aliphatic carbocycles. The van der Waals surface area contributed by atoms with Gasteiger partial charge in [-0.15, -0.1) is 0 Å². The van der Waals surface area contributed by atoms with Gasteiger partial charge < -0.3 is 4.43 Å². The summed E-state index contributed by atoms with van der Waals surface area (Å²) in [6.45, 7) is 3.93.